The third-order valence-electron chi connectivity index (χ3n) is 5.48. The molecule has 0 fully saturated rings. The Morgan fingerprint density at radius 1 is 0.857 bits per heavy atom. The van der Waals surface area contributed by atoms with Crippen molar-refractivity contribution in [1.82, 2.24) is 16.0 Å². The topological polar surface area (TPSA) is 106 Å². The van der Waals surface area contributed by atoms with Crippen molar-refractivity contribution in [2.24, 2.45) is 0 Å². The van der Waals surface area contributed by atoms with Crippen LogP contribution in [0.4, 0.5) is 4.79 Å². The van der Waals surface area contributed by atoms with Gasteiger partial charge in [0, 0.05) is 6.54 Å². The van der Waals surface area contributed by atoms with Crippen molar-refractivity contribution in [3.63, 3.8) is 0 Å². The highest BCUT2D eigenvalue weighted by atomic mass is 16.5. The van der Waals surface area contributed by atoms with Gasteiger partial charge in [0.25, 0.3) is 0 Å². The van der Waals surface area contributed by atoms with Crippen molar-refractivity contribution in [3.05, 3.63) is 65.7 Å². The summed E-state index contributed by atoms with van der Waals surface area (Å²) in [5.41, 5.74) is 1.78. The lowest BCUT2D eigenvalue weighted by Crippen LogP contribution is -2.49. The highest BCUT2D eigenvalue weighted by Crippen LogP contribution is 2.12. The van der Waals surface area contributed by atoms with Gasteiger partial charge >= 0.3 is 6.09 Å². The van der Waals surface area contributed by atoms with Gasteiger partial charge in [-0.2, -0.15) is 0 Å². The van der Waals surface area contributed by atoms with E-state index in [1.165, 1.54) is 0 Å². The Hall–Kier alpha value is -3.55. The smallest absolute Gasteiger partial charge is 0.407 e. The van der Waals surface area contributed by atoms with Crippen molar-refractivity contribution in [3.8, 4) is 5.75 Å². The Kier molecular flexibility index (Phi) is 12.8. The molecule has 0 saturated heterocycles. The summed E-state index contributed by atoms with van der Waals surface area (Å²) in [7, 11) is 1.60. The molecule has 35 heavy (non-hydrogen) atoms. The quantitative estimate of drug-likeness (QED) is 0.331. The summed E-state index contributed by atoms with van der Waals surface area (Å²) in [6.07, 6.45) is 5.04. The number of carbonyl (C=O) groups excluding carboxylic acids is 3. The van der Waals surface area contributed by atoms with Gasteiger partial charge in [0.15, 0.2) is 0 Å². The number of carbonyl (C=O) groups is 3. The minimum atomic E-state index is -0.691. The molecule has 3 amide bonds. The first-order valence-corrected chi connectivity index (χ1v) is 12.2. The number of hydrogen-bond donors (Lipinski definition) is 3. The molecule has 0 heterocycles. The second kappa shape index (κ2) is 16.1. The molecule has 0 aromatic heterocycles. The van der Waals surface area contributed by atoms with Gasteiger partial charge in [0.2, 0.25) is 11.8 Å². The zero-order valence-corrected chi connectivity index (χ0v) is 20.7. The second-order valence-electron chi connectivity index (χ2n) is 8.30. The fourth-order valence-electron chi connectivity index (χ4n) is 3.45. The van der Waals surface area contributed by atoms with E-state index in [-0.39, 0.29) is 19.1 Å². The number of ether oxygens (including phenoxy) is 2. The lowest BCUT2D eigenvalue weighted by molar-refractivity contribution is -0.128. The van der Waals surface area contributed by atoms with Crippen LogP contribution in [-0.4, -0.2) is 37.6 Å². The molecule has 0 aliphatic rings. The first kappa shape index (κ1) is 27.7. The third-order valence-corrected chi connectivity index (χ3v) is 5.48. The predicted octanol–water partition coefficient (Wildman–Crippen LogP) is 4.08. The van der Waals surface area contributed by atoms with Crippen LogP contribution in [0.3, 0.4) is 0 Å². The lowest BCUT2D eigenvalue weighted by atomic mass is 10.1. The fraction of sp³-hybridized carbons (Fsp3) is 0.444. The maximum atomic E-state index is 12.8. The first-order chi connectivity index (χ1) is 17.0. The largest absolute Gasteiger partial charge is 0.497 e. The molecule has 8 nitrogen and oxygen atoms in total. The Balaban J connectivity index is 1.81. The molecule has 190 valence electrons. The van der Waals surface area contributed by atoms with E-state index in [4.69, 9.17) is 9.47 Å². The van der Waals surface area contributed by atoms with E-state index in [1.807, 2.05) is 54.6 Å². The van der Waals surface area contributed by atoms with E-state index in [2.05, 4.69) is 22.9 Å². The summed E-state index contributed by atoms with van der Waals surface area (Å²) in [5.74, 6) is 0.0446. The highest BCUT2D eigenvalue weighted by molar-refractivity contribution is 5.89. The summed E-state index contributed by atoms with van der Waals surface area (Å²) in [5, 5.41) is 8.07. The number of alkyl carbamates (subject to hydrolysis) is 1. The minimum Gasteiger partial charge on any atom is -0.497 e. The molecule has 1 unspecified atom stereocenters. The molecular weight excluding hydrogens is 446 g/mol. The van der Waals surface area contributed by atoms with Gasteiger partial charge in [-0.3, -0.25) is 9.59 Å². The summed E-state index contributed by atoms with van der Waals surface area (Å²) < 4.78 is 10.3. The molecule has 0 spiro atoms. The maximum absolute atomic E-state index is 12.8. The molecule has 2 aromatic rings. The SMILES string of the molecule is CCCCCCCC(NC(=O)CNC(=O)OCc1ccccc1)C(=O)NCc1ccc(OC)cc1. The van der Waals surface area contributed by atoms with Crippen LogP contribution in [0.5, 0.6) is 5.75 Å². The number of hydrogen-bond acceptors (Lipinski definition) is 5. The molecule has 0 aliphatic carbocycles. The van der Waals surface area contributed by atoms with Crippen molar-refractivity contribution in [2.75, 3.05) is 13.7 Å². The minimum absolute atomic E-state index is 0.114. The van der Waals surface area contributed by atoms with Gasteiger partial charge in [-0.1, -0.05) is 81.5 Å². The van der Waals surface area contributed by atoms with E-state index in [0.29, 0.717) is 13.0 Å². The molecule has 0 bridgehead atoms. The van der Waals surface area contributed by atoms with Crippen LogP contribution in [-0.2, 0) is 27.5 Å². The highest BCUT2D eigenvalue weighted by Gasteiger charge is 2.20. The van der Waals surface area contributed by atoms with Crippen molar-refractivity contribution < 1.29 is 23.9 Å². The Morgan fingerprint density at radius 2 is 1.57 bits per heavy atom. The van der Waals surface area contributed by atoms with E-state index in [9.17, 15) is 14.4 Å². The van der Waals surface area contributed by atoms with Crippen molar-refractivity contribution in [2.45, 2.75) is 64.6 Å². The number of unbranched alkanes of at least 4 members (excludes halogenated alkanes) is 4. The van der Waals surface area contributed by atoms with Gasteiger partial charge in [-0.05, 0) is 29.7 Å². The number of methoxy groups -OCH3 is 1. The average molecular weight is 484 g/mol. The molecule has 2 rings (SSSR count). The third kappa shape index (κ3) is 11.4. The van der Waals surface area contributed by atoms with Crippen LogP contribution in [0.25, 0.3) is 0 Å². The number of benzene rings is 2. The van der Waals surface area contributed by atoms with Gasteiger partial charge in [0.05, 0.1) is 7.11 Å². The van der Waals surface area contributed by atoms with Gasteiger partial charge in [-0.15, -0.1) is 0 Å². The Labute approximate surface area is 207 Å². The van der Waals surface area contributed by atoms with Crippen LogP contribution in [0.2, 0.25) is 0 Å². The van der Waals surface area contributed by atoms with E-state index >= 15 is 0 Å². The molecule has 8 heteroatoms. The zero-order valence-electron chi connectivity index (χ0n) is 20.7. The molecule has 1 atom stereocenters. The summed E-state index contributed by atoms with van der Waals surface area (Å²) in [4.78, 5) is 37.2. The Bertz CT molecular complexity index is 903. The summed E-state index contributed by atoms with van der Waals surface area (Å²) in [6.45, 7) is 2.33. The van der Waals surface area contributed by atoms with E-state index in [0.717, 1.165) is 49.0 Å². The second-order valence-corrected chi connectivity index (χ2v) is 8.30. The number of rotatable bonds is 15. The lowest BCUT2D eigenvalue weighted by Gasteiger charge is -2.19. The molecule has 0 saturated carbocycles. The first-order valence-electron chi connectivity index (χ1n) is 12.2. The predicted molar refractivity (Wildman–Crippen MR) is 135 cm³/mol. The molecule has 2 aromatic carbocycles. The van der Waals surface area contributed by atoms with Crippen LogP contribution in [0.15, 0.2) is 54.6 Å². The molecule has 3 N–H and O–H groups in total. The summed E-state index contributed by atoms with van der Waals surface area (Å²) >= 11 is 0. The molecular formula is C27H37N3O5. The maximum Gasteiger partial charge on any atom is 0.407 e. The van der Waals surface area contributed by atoms with E-state index < -0.39 is 18.0 Å². The monoisotopic (exact) mass is 483 g/mol. The number of nitrogens with one attached hydrogen (secondary N) is 3. The molecule has 0 aliphatic heterocycles. The summed E-state index contributed by atoms with van der Waals surface area (Å²) in [6, 6.07) is 16.0. The zero-order chi connectivity index (χ0) is 25.3. The van der Waals surface area contributed by atoms with Crippen LogP contribution in [0, 0.1) is 0 Å². The average Bonchev–Trinajstić information content (AvgIpc) is 2.89. The van der Waals surface area contributed by atoms with Crippen molar-refractivity contribution >= 4 is 17.9 Å². The van der Waals surface area contributed by atoms with E-state index in [1.54, 1.807) is 7.11 Å². The van der Waals surface area contributed by atoms with Crippen molar-refractivity contribution in [1.29, 1.82) is 0 Å². The Morgan fingerprint density at radius 3 is 2.26 bits per heavy atom. The van der Waals surface area contributed by atoms with Gasteiger partial charge in [-0.25, -0.2) is 4.79 Å². The molecule has 0 radical (unpaired) electrons. The number of amides is 3. The van der Waals surface area contributed by atoms with Crippen LogP contribution >= 0.6 is 0 Å². The standard InChI is InChI=1S/C27H37N3O5/c1-3-4-5-6-10-13-24(26(32)28-18-21-14-16-23(34-2)17-15-21)30-25(31)19-29-27(33)35-20-22-11-8-7-9-12-22/h7-9,11-12,14-17,24H,3-6,10,13,18-20H2,1-2H3,(H,28,32)(H,29,33)(H,30,31). The van der Waals surface area contributed by atoms with Crippen LogP contribution < -0.4 is 20.7 Å². The van der Waals surface area contributed by atoms with Gasteiger partial charge in [0.1, 0.15) is 24.9 Å². The normalized spacial score (nSPS) is 11.3. The van der Waals surface area contributed by atoms with Gasteiger partial charge < -0.3 is 25.4 Å². The fourth-order valence-corrected chi connectivity index (χ4v) is 3.45. The van der Waals surface area contributed by atoms with Crippen LogP contribution in [0.1, 0.15) is 56.6 Å².